The lowest BCUT2D eigenvalue weighted by Crippen LogP contribution is -2.25. The van der Waals surface area contributed by atoms with Gasteiger partial charge in [0.15, 0.2) is 0 Å². The van der Waals surface area contributed by atoms with Crippen LogP contribution in [0.15, 0.2) is 39.8 Å². The van der Waals surface area contributed by atoms with Crippen LogP contribution in [0, 0.1) is 6.92 Å². The molecular weight excluding hydrogens is 328 g/mol. The first kappa shape index (κ1) is 18.1. The van der Waals surface area contributed by atoms with Gasteiger partial charge in [0.1, 0.15) is 5.76 Å². The van der Waals surface area contributed by atoms with E-state index >= 15 is 0 Å². The third-order valence-corrected chi connectivity index (χ3v) is 4.35. The van der Waals surface area contributed by atoms with Crippen LogP contribution >= 0.6 is 11.8 Å². The summed E-state index contributed by atoms with van der Waals surface area (Å²) in [6.07, 6.45) is 0.836. The van der Waals surface area contributed by atoms with E-state index in [1.54, 1.807) is 6.07 Å². The first-order chi connectivity index (χ1) is 11.6. The minimum absolute atomic E-state index is 0.156. The number of carbonyl (C=O) groups excluding carboxylic acids is 2. The zero-order valence-corrected chi connectivity index (χ0v) is 14.5. The summed E-state index contributed by atoms with van der Waals surface area (Å²) in [6.45, 7) is 2.29. The molecule has 1 amide bonds. The minimum Gasteiger partial charge on any atom is -0.469 e. The van der Waals surface area contributed by atoms with Crippen LogP contribution in [-0.4, -0.2) is 30.7 Å². The summed E-state index contributed by atoms with van der Waals surface area (Å²) in [7, 11) is 1.35. The first-order valence-electron chi connectivity index (χ1n) is 7.59. The highest BCUT2D eigenvalue weighted by Crippen LogP contribution is 2.26. The second-order valence-corrected chi connectivity index (χ2v) is 6.17. The molecule has 0 aliphatic rings. The van der Waals surface area contributed by atoms with Crippen LogP contribution in [0.2, 0.25) is 0 Å². The third kappa shape index (κ3) is 5.42. The SMILES string of the molecule is COC(=O)CCCNC(=O)c1ccccc1SCc1cc(C)no1. The van der Waals surface area contributed by atoms with Crippen molar-refractivity contribution >= 4 is 23.6 Å². The van der Waals surface area contributed by atoms with Gasteiger partial charge in [0, 0.05) is 23.9 Å². The monoisotopic (exact) mass is 348 g/mol. The maximum absolute atomic E-state index is 12.3. The summed E-state index contributed by atoms with van der Waals surface area (Å²) in [5.41, 5.74) is 1.44. The van der Waals surface area contributed by atoms with Crippen molar-refractivity contribution in [2.45, 2.75) is 30.4 Å². The van der Waals surface area contributed by atoms with E-state index < -0.39 is 0 Å². The summed E-state index contributed by atoms with van der Waals surface area (Å²) >= 11 is 1.52. The van der Waals surface area contributed by atoms with Crippen molar-refractivity contribution in [3.63, 3.8) is 0 Å². The molecular formula is C17H20N2O4S. The van der Waals surface area contributed by atoms with Gasteiger partial charge in [-0.25, -0.2) is 0 Å². The molecule has 6 nitrogen and oxygen atoms in total. The largest absolute Gasteiger partial charge is 0.469 e. The third-order valence-electron chi connectivity index (χ3n) is 3.25. The van der Waals surface area contributed by atoms with Crippen LogP contribution in [0.1, 0.15) is 34.7 Å². The molecule has 0 unspecified atom stereocenters. The number of hydrogen-bond acceptors (Lipinski definition) is 6. The molecule has 2 rings (SSSR count). The molecule has 128 valence electrons. The predicted octanol–water partition coefficient (Wildman–Crippen LogP) is 2.96. The second-order valence-electron chi connectivity index (χ2n) is 5.16. The first-order valence-corrected chi connectivity index (χ1v) is 8.57. The zero-order valence-electron chi connectivity index (χ0n) is 13.7. The van der Waals surface area contributed by atoms with E-state index in [9.17, 15) is 9.59 Å². The Morgan fingerprint density at radius 1 is 1.33 bits per heavy atom. The Bertz CT molecular complexity index is 699. The van der Waals surface area contributed by atoms with Crippen LogP contribution in [0.4, 0.5) is 0 Å². The van der Waals surface area contributed by atoms with E-state index in [0.717, 1.165) is 16.3 Å². The molecule has 0 atom stereocenters. The lowest BCUT2D eigenvalue weighted by Gasteiger charge is -2.09. The molecule has 0 spiro atoms. The Hall–Kier alpha value is -2.28. The summed E-state index contributed by atoms with van der Waals surface area (Å²) in [5, 5.41) is 6.68. The molecule has 0 radical (unpaired) electrons. The molecule has 0 saturated heterocycles. The van der Waals surface area contributed by atoms with Crippen LogP contribution in [0.3, 0.4) is 0 Å². The van der Waals surface area contributed by atoms with E-state index in [4.69, 9.17) is 4.52 Å². The molecule has 0 aliphatic heterocycles. The summed E-state index contributed by atoms with van der Waals surface area (Å²) < 4.78 is 9.75. The number of esters is 1. The number of nitrogens with zero attached hydrogens (tertiary/aromatic N) is 1. The smallest absolute Gasteiger partial charge is 0.305 e. The normalized spacial score (nSPS) is 10.4. The number of thioether (sulfide) groups is 1. The Morgan fingerprint density at radius 2 is 2.12 bits per heavy atom. The lowest BCUT2D eigenvalue weighted by molar-refractivity contribution is -0.140. The Labute approximate surface area is 144 Å². The zero-order chi connectivity index (χ0) is 17.4. The van der Waals surface area contributed by atoms with E-state index in [2.05, 4.69) is 15.2 Å². The average molecular weight is 348 g/mol. The number of amides is 1. The Morgan fingerprint density at radius 3 is 2.83 bits per heavy atom. The molecule has 0 aliphatic carbocycles. The number of ether oxygens (including phenoxy) is 1. The van der Waals surface area contributed by atoms with Gasteiger partial charge < -0.3 is 14.6 Å². The van der Waals surface area contributed by atoms with Gasteiger partial charge in [-0.2, -0.15) is 0 Å². The number of nitrogens with one attached hydrogen (secondary N) is 1. The summed E-state index contributed by atoms with van der Waals surface area (Å²) in [6, 6.07) is 9.28. The standard InChI is InChI=1S/C17H20N2O4S/c1-12-10-13(23-19-12)11-24-15-7-4-3-6-14(15)17(21)18-9-5-8-16(20)22-2/h3-4,6-7,10H,5,8-9,11H2,1-2H3,(H,18,21). The molecule has 1 N–H and O–H groups in total. The van der Waals surface area contributed by atoms with Crippen molar-refractivity contribution in [2.24, 2.45) is 0 Å². The topological polar surface area (TPSA) is 81.4 Å². The molecule has 1 heterocycles. The van der Waals surface area contributed by atoms with Crippen LogP contribution in [0.25, 0.3) is 0 Å². The molecule has 0 bridgehead atoms. The molecule has 0 fully saturated rings. The van der Waals surface area contributed by atoms with Gasteiger partial charge in [0.2, 0.25) is 0 Å². The van der Waals surface area contributed by atoms with Gasteiger partial charge in [-0.05, 0) is 25.5 Å². The van der Waals surface area contributed by atoms with Crippen LogP contribution < -0.4 is 5.32 Å². The molecule has 24 heavy (non-hydrogen) atoms. The number of hydrogen-bond donors (Lipinski definition) is 1. The van der Waals surface area contributed by atoms with Gasteiger partial charge >= 0.3 is 5.97 Å². The second kappa shape index (κ2) is 9.12. The quantitative estimate of drug-likeness (QED) is 0.449. The van der Waals surface area contributed by atoms with E-state index in [1.807, 2.05) is 31.2 Å². The number of carbonyl (C=O) groups is 2. The average Bonchev–Trinajstić information content (AvgIpc) is 3.02. The number of rotatable bonds is 8. The molecule has 7 heteroatoms. The molecule has 1 aromatic heterocycles. The molecule has 0 saturated carbocycles. The van der Waals surface area contributed by atoms with Gasteiger partial charge in [-0.15, -0.1) is 11.8 Å². The van der Waals surface area contributed by atoms with E-state index in [-0.39, 0.29) is 18.3 Å². The lowest BCUT2D eigenvalue weighted by atomic mass is 10.2. The van der Waals surface area contributed by atoms with Gasteiger partial charge in [0.05, 0.1) is 24.1 Å². The van der Waals surface area contributed by atoms with E-state index in [0.29, 0.717) is 24.3 Å². The highest BCUT2D eigenvalue weighted by molar-refractivity contribution is 7.98. The van der Waals surface area contributed by atoms with Gasteiger partial charge in [0.25, 0.3) is 5.91 Å². The highest BCUT2D eigenvalue weighted by Gasteiger charge is 2.12. The Balaban J connectivity index is 1.89. The predicted molar refractivity (Wildman–Crippen MR) is 90.8 cm³/mol. The minimum atomic E-state index is -0.275. The fraction of sp³-hybridized carbons (Fsp3) is 0.353. The van der Waals surface area contributed by atoms with Gasteiger partial charge in [-0.3, -0.25) is 9.59 Å². The highest BCUT2D eigenvalue weighted by atomic mass is 32.2. The Kier molecular flexibility index (Phi) is 6.87. The maximum atomic E-state index is 12.3. The van der Waals surface area contributed by atoms with Crippen molar-refractivity contribution in [1.82, 2.24) is 10.5 Å². The van der Waals surface area contributed by atoms with Crippen molar-refractivity contribution in [1.29, 1.82) is 0 Å². The van der Waals surface area contributed by atoms with Crippen LogP contribution in [0.5, 0.6) is 0 Å². The summed E-state index contributed by atoms with van der Waals surface area (Å²) in [5.74, 6) is 0.943. The molecule has 2 aromatic rings. The van der Waals surface area contributed by atoms with Crippen molar-refractivity contribution < 1.29 is 18.8 Å². The number of methoxy groups -OCH3 is 1. The van der Waals surface area contributed by atoms with Crippen molar-refractivity contribution in [3.05, 3.63) is 47.3 Å². The fourth-order valence-corrected chi connectivity index (χ4v) is 2.97. The maximum Gasteiger partial charge on any atom is 0.305 e. The van der Waals surface area contributed by atoms with Crippen molar-refractivity contribution in [2.75, 3.05) is 13.7 Å². The fourth-order valence-electron chi connectivity index (χ4n) is 2.05. The number of aromatic nitrogens is 1. The van der Waals surface area contributed by atoms with Gasteiger partial charge in [-0.1, -0.05) is 17.3 Å². The number of aryl methyl sites for hydroxylation is 1. The van der Waals surface area contributed by atoms with Crippen LogP contribution in [-0.2, 0) is 15.3 Å². The number of benzene rings is 1. The van der Waals surface area contributed by atoms with Crippen molar-refractivity contribution in [3.8, 4) is 0 Å². The molecule has 1 aromatic carbocycles. The van der Waals surface area contributed by atoms with E-state index in [1.165, 1.54) is 18.9 Å². The summed E-state index contributed by atoms with van der Waals surface area (Å²) in [4.78, 5) is 24.2.